The summed E-state index contributed by atoms with van der Waals surface area (Å²) >= 11 is 0. The van der Waals surface area contributed by atoms with E-state index >= 15 is 0 Å². The number of hydrogen-bond donors (Lipinski definition) is 2. The maximum absolute atomic E-state index is 12.4. The van der Waals surface area contributed by atoms with Crippen molar-refractivity contribution in [2.24, 2.45) is 0 Å². The van der Waals surface area contributed by atoms with E-state index in [-0.39, 0.29) is 19.9 Å². The lowest BCUT2D eigenvalue weighted by Gasteiger charge is -2.21. The first kappa shape index (κ1) is 19.2. The number of ether oxygens (including phenoxy) is 2. The molecule has 0 fully saturated rings. The van der Waals surface area contributed by atoms with Crippen molar-refractivity contribution in [1.82, 2.24) is 10.2 Å². The van der Waals surface area contributed by atoms with Crippen molar-refractivity contribution in [1.29, 1.82) is 0 Å². The van der Waals surface area contributed by atoms with E-state index < -0.39 is 24.3 Å². The summed E-state index contributed by atoms with van der Waals surface area (Å²) in [6.45, 7) is -0.375. The van der Waals surface area contributed by atoms with Crippen molar-refractivity contribution < 1.29 is 29.0 Å². The van der Waals surface area contributed by atoms with Crippen LogP contribution < -0.4 is 14.8 Å². The van der Waals surface area contributed by atoms with Crippen LogP contribution in [-0.2, 0) is 16.0 Å². The van der Waals surface area contributed by atoms with Gasteiger partial charge in [0, 0.05) is 12.1 Å². The van der Waals surface area contributed by atoms with Gasteiger partial charge in [-0.2, -0.15) is 0 Å². The summed E-state index contributed by atoms with van der Waals surface area (Å²) < 4.78 is 10.4. The number of carboxylic acid groups (broad SMARTS) is 1. The molecule has 1 aliphatic heterocycles. The maximum atomic E-state index is 12.4. The molecule has 8 heteroatoms. The van der Waals surface area contributed by atoms with Gasteiger partial charge in [-0.15, -0.1) is 0 Å². The third-order valence-electron chi connectivity index (χ3n) is 4.23. The third kappa shape index (κ3) is 5.00. The Hall–Kier alpha value is -3.55. The number of aliphatic carboxylic acids is 1. The second-order valence-corrected chi connectivity index (χ2v) is 6.20. The van der Waals surface area contributed by atoms with Gasteiger partial charge in [0.15, 0.2) is 11.5 Å². The Morgan fingerprint density at radius 3 is 2.54 bits per heavy atom. The quantitative estimate of drug-likeness (QED) is 0.711. The summed E-state index contributed by atoms with van der Waals surface area (Å²) in [4.78, 5) is 37.0. The number of nitrogens with zero attached hydrogens (tertiary/aromatic N) is 1. The number of amides is 2. The van der Waals surface area contributed by atoms with E-state index in [1.54, 1.807) is 12.1 Å². The highest BCUT2D eigenvalue weighted by atomic mass is 16.7. The van der Waals surface area contributed by atoms with Gasteiger partial charge in [-0.25, -0.2) is 0 Å². The van der Waals surface area contributed by atoms with Crippen LogP contribution in [0.5, 0.6) is 11.5 Å². The third-order valence-corrected chi connectivity index (χ3v) is 4.23. The summed E-state index contributed by atoms with van der Waals surface area (Å²) in [6, 6.07) is 14.2. The van der Waals surface area contributed by atoms with E-state index in [2.05, 4.69) is 5.32 Å². The van der Waals surface area contributed by atoms with Crippen molar-refractivity contribution in [2.45, 2.75) is 6.42 Å². The van der Waals surface area contributed by atoms with Crippen molar-refractivity contribution in [3.8, 4) is 11.5 Å². The lowest BCUT2D eigenvalue weighted by atomic mass is 10.1. The van der Waals surface area contributed by atoms with E-state index in [0.29, 0.717) is 23.5 Å². The highest BCUT2D eigenvalue weighted by Crippen LogP contribution is 2.32. The smallest absolute Gasteiger partial charge is 0.323 e. The Labute approximate surface area is 161 Å². The fourth-order valence-electron chi connectivity index (χ4n) is 2.77. The van der Waals surface area contributed by atoms with Gasteiger partial charge < -0.3 is 24.8 Å². The molecule has 1 heterocycles. The molecular weight excluding hydrogens is 364 g/mol. The first-order valence-electron chi connectivity index (χ1n) is 8.74. The van der Waals surface area contributed by atoms with E-state index in [9.17, 15) is 14.4 Å². The minimum Gasteiger partial charge on any atom is -0.480 e. The monoisotopic (exact) mass is 384 g/mol. The molecule has 0 spiro atoms. The van der Waals surface area contributed by atoms with Crippen LogP contribution in [0.15, 0.2) is 48.5 Å². The molecule has 0 bridgehead atoms. The van der Waals surface area contributed by atoms with Crippen molar-refractivity contribution in [3.63, 3.8) is 0 Å². The van der Waals surface area contributed by atoms with Crippen LogP contribution in [0.2, 0.25) is 0 Å². The standard InChI is InChI=1S/C20H20N2O6/c23-18(22(12-19(24)25)9-8-14-4-2-1-3-5-14)11-21-20(26)15-6-7-16-17(10-15)28-13-27-16/h1-7,10H,8-9,11-13H2,(H,21,26)(H,24,25). The molecule has 2 amide bonds. The normalized spacial score (nSPS) is 11.7. The summed E-state index contributed by atoms with van der Waals surface area (Å²) in [7, 11) is 0. The first-order valence-corrected chi connectivity index (χ1v) is 8.74. The number of benzene rings is 2. The van der Waals surface area contributed by atoms with Gasteiger partial charge in [0.25, 0.3) is 5.91 Å². The molecule has 28 heavy (non-hydrogen) atoms. The summed E-state index contributed by atoms with van der Waals surface area (Å²) in [6.07, 6.45) is 0.524. The molecule has 2 aromatic rings. The zero-order chi connectivity index (χ0) is 19.9. The van der Waals surface area contributed by atoms with E-state index in [0.717, 1.165) is 5.56 Å². The van der Waals surface area contributed by atoms with Crippen LogP contribution in [0.3, 0.4) is 0 Å². The highest BCUT2D eigenvalue weighted by Gasteiger charge is 2.19. The lowest BCUT2D eigenvalue weighted by molar-refractivity contribution is -0.144. The average Bonchev–Trinajstić information content (AvgIpc) is 3.17. The summed E-state index contributed by atoms with van der Waals surface area (Å²) in [5.74, 6) is -1.00. The molecule has 0 saturated carbocycles. The number of fused-ring (bicyclic) bond motifs is 1. The number of nitrogens with one attached hydrogen (secondary N) is 1. The van der Waals surface area contributed by atoms with E-state index in [4.69, 9.17) is 14.6 Å². The molecule has 0 saturated heterocycles. The highest BCUT2D eigenvalue weighted by molar-refractivity contribution is 5.97. The van der Waals surface area contributed by atoms with Crippen molar-refractivity contribution >= 4 is 17.8 Å². The number of rotatable bonds is 8. The fourth-order valence-corrected chi connectivity index (χ4v) is 2.77. The number of hydrogen-bond acceptors (Lipinski definition) is 5. The molecule has 146 valence electrons. The fraction of sp³-hybridized carbons (Fsp3) is 0.250. The van der Waals surface area contributed by atoms with Gasteiger partial charge in [0.05, 0.1) is 6.54 Å². The Kier molecular flexibility index (Phi) is 6.11. The topological polar surface area (TPSA) is 105 Å². The number of carbonyl (C=O) groups is 3. The van der Waals surface area contributed by atoms with E-state index in [1.165, 1.54) is 11.0 Å². The molecular formula is C20H20N2O6. The van der Waals surface area contributed by atoms with Crippen LogP contribution in [0, 0.1) is 0 Å². The van der Waals surface area contributed by atoms with Crippen LogP contribution in [0.4, 0.5) is 0 Å². The van der Waals surface area contributed by atoms with Gasteiger partial charge in [0.2, 0.25) is 12.7 Å². The lowest BCUT2D eigenvalue weighted by Crippen LogP contribution is -2.43. The van der Waals surface area contributed by atoms with Crippen molar-refractivity contribution in [2.75, 3.05) is 26.4 Å². The van der Waals surface area contributed by atoms with E-state index in [1.807, 2.05) is 30.3 Å². The summed E-state index contributed by atoms with van der Waals surface area (Å²) in [5, 5.41) is 11.6. The predicted molar refractivity (Wildman–Crippen MR) is 99.3 cm³/mol. The average molecular weight is 384 g/mol. The molecule has 8 nitrogen and oxygen atoms in total. The van der Waals surface area contributed by atoms with Gasteiger partial charge in [-0.1, -0.05) is 30.3 Å². The largest absolute Gasteiger partial charge is 0.480 e. The first-order chi connectivity index (χ1) is 13.5. The van der Waals surface area contributed by atoms with Gasteiger partial charge in [-0.3, -0.25) is 14.4 Å². The van der Waals surface area contributed by atoms with Gasteiger partial charge in [-0.05, 0) is 30.2 Å². The summed E-state index contributed by atoms with van der Waals surface area (Å²) in [5.41, 5.74) is 1.32. The molecule has 0 aliphatic carbocycles. The Morgan fingerprint density at radius 1 is 1.04 bits per heavy atom. The Bertz CT molecular complexity index is 868. The SMILES string of the molecule is O=C(O)CN(CCc1ccccc1)C(=O)CNC(=O)c1ccc2c(c1)OCO2. The van der Waals surface area contributed by atoms with Crippen LogP contribution in [-0.4, -0.2) is 54.2 Å². The molecule has 2 N–H and O–H groups in total. The van der Waals surface area contributed by atoms with Crippen LogP contribution in [0.25, 0.3) is 0 Å². The molecule has 2 aromatic carbocycles. The zero-order valence-electron chi connectivity index (χ0n) is 15.1. The number of carboxylic acids is 1. The maximum Gasteiger partial charge on any atom is 0.323 e. The molecule has 1 aliphatic rings. The minimum absolute atomic E-state index is 0.102. The number of carbonyl (C=O) groups excluding carboxylic acids is 2. The van der Waals surface area contributed by atoms with Crippen LogP contribution in [0.1, 0.15) is 15.9 Å². The predicted octanol–water partition coefficient (Wildman–Crippen LogP) is 1.30. The molecule has 0 unspecified atom stereocenters. The van der Waals surface area contributed by atoms with Crippen LogP contribution >= 0.6 is 0 Å². The Morgan fingerprint density at radius 2 is 1.79 bits per heavy atom. The molecule has 0 atom stereocenters. The molecule has 0 aromatic heterocycles. The zero-order valence-corrected chi connectivity index (χ0v) is 15.1. The Balaban J connectivity index is 1.56. The molecule has 3 rings (SSSR count). The van der Waals surface area contributed by atoms with Crippen molar-refractivity contribution in [3.05, 3.63) is 59.7 Å². The van der Waals surface area contributed by atoms with Gasteiger partial charge >= 0.3 is 5.97 Å². The second kappa shape index (κ2) is 8.90. The molecule has 0 radical (unpaired) electrons. The second-order valence-electron chi connectivity index (χ2n) is 6.20. The minimum atomic E-state index is -1.11. The van der Waals surface area contributed by atoms with Gasteiger partial charge in [0.1, 0.15) is 6.54 Å².